The van der Waals surface area contributed by atoms with E-state index in [2.05, 4.69) is 30.4 Å². The van der Waals surface area contributed by atoms with E-state index < -0.39 is 4.92 Å². The van der Waals surface area contributed by atoms with E-state index in [4.69, 9.17) is 10.1 Å². The van der Waals surface area contributed by atoms with E-state index in [9.17, 15) is 10.1 Å². The topological polar surface area (TPSA) is 160 Å². The van der Waals surface area contributed by atoms with Crippen LogP contribution in [-0.2, 0) is 4.74 Å². The van der Waals surface area contributed by atoms with Crippen molar-refractivity contribution >= 4 is 34.7 Å². The van der Waals surface area contributed by atoms with E-state index in [1.54, 1.807) is 37.2 Å². The SMILES string of the molecule is COC(=NC(C)=N)C1CCN(c2ncnc(Nc3ccc(-n4cncn4)cc3)c2[N+](=O)[O-])CC1. The second kappa shape index (κ2) is 10.0. The number of nitro groups is 1. The molecule has 0 bridgehead atoms. The van der Waals surface area contributed by atoms with E-state index >= 15 is 0 Å². The van der Waals surface area contributed by atoms with Gasteiger partial charge < -0.3 is 15.0 Å². The molecule has 176 valence electrons. The maximum absolute atomic E-state index is 12.0. The molecule has 0 atom stereocenters. The Kier molecular flexibility index (Phi) is 6.71. The Morgan fingerprint density at radius 3 is 2.56 bits per heavy atom. The molecule has 1 aliphatic rings. The number of hydrogen-bond acceptors (Lipinski definition) is 10. The fourth-order valence-corrected chi connectivity index (χ4v) is 3.84. The molecule has 1 aromatic carbocycles. The highest BCUT2D eigenvalue weighted by Crippen LogP contribution is 2.35. The van der Waals surface area contributed by atoms with Crippen LogP contribution >= 0.6 is 0 Å². The number of benzene rings is 1. The first kappa shape index (κ1) is 22.8. The van der Waals surface area contributed by atoms with Crippen molar-refractivity contribution in [3.05, 3.63) is 53.4 Å². The molecular formula is C21H24N10O3. The van der Waals surface area contributed by atoms with Crippen LogP contribution in [0.1, 0.15) is 19.8 Å². The van der Waals surface area contributed by atoms with E-state index in [-0.39, 0.29) is 29.1 Å². The second-order valence-electron chi connectivity index (χ2n) is 7.66. The molecule has 0 radical (unpaired) electrons. The van der Waals surface area contributed by atoms with E-state index in [0.717, 1.165) is 5.69 Å². The number of amidine groups is 1. The lowest BCUT2D eigenvalue weighted by atomic mass is 9.96. The zero-order chi connectivity index (χ0) is 24.1. The van der Waals surface area contributed by atoms with E-state index in [1.165, 1.54) is 12.7 Å². The lowest BCUT2D eigenvalue weighted by molar-refractivity contribution is -0.383. The van der Waals surface area contributed by atoms with Gasteiger partial charge in [0.25, 0.3) is 0 Å². The molecule has 0 amide bonds. The Morgan fingerprint density at radius 2 is 1.97 bits per heavy atom. The van der Waals surface area contributed by atoms with Gasteiger partial charge in [0.05, 0.1) is 17.7 Å². The summed E-state index contributed by atoms with van der Waals surface area (Å²) in [5.74, 6) is 1.11. The smallest absolute Gasteiger partial charge is 0.353 e. The van der Waals surface area contributed by atoms with E-state index in [0.29, 0.717) is 37.5 Å². The second-order valence-corrected chi connectivity index (χ2v) is 7.66. The lowest BCUT2D eigenvalue weighted by Gasteiger charge is -2.32. The molecule has 3 aromatic rings. The number of anilines is 3. The minimum absolute atomic E-state index is 0.0449. The van der Waals surface area contributed by atoms with Gasteiger partial charge in [-0.1, -0.05) is 0 Å². The van der Waals surface area contributed by atoms with Crippen molar-refractivity contribution in [2.75, 3.05) is 30.4 Å². The third-order valence-corrected chi connectivity index (χ3v) is 5.43. The molecule has 34 heavy (non-hydrogen) atoms. The van der Waals surface area contributed by atoms with Gasteiger partial charge >= 0.3 is 5.69 Å². The summed E-state index contributed by atoms with van der Waals surface area (Å²) in [4.78, 5) is 29.9. The fraction of sp³-hybridized carbons (Fsp3) is 0.333. The van der Waals surface area contributed by atoms with Crippen molar-refractivity contribution in [3.63, 3.8) is 0 Å². The Morgan fingerprint density at radius 1 is 1.24 bits per heavy atom. The average Bonchev–Trinajstić information content (AvgIpc) is 3.38. The highest BCUT2D eigenvalue weighted by atomic mass is 16.6. The van der Waals surface area contributed by atoms with Gasteiger partial charge in [-0.25, -0.2) is 24.6 Å². The summed E-state index contributed by atoms with van der Waals surface area (Å²) in [6.07, 6.45) is 5.70. The van der Waals surface area contributed by atoms with Crippen molar-refractivity contribution in [3.8, 4) is 5.69 Å². The first-order valence-corrected chi connectivity index (χ1v) is 10.6. The molecule has 0 saturated carbocycles. The van der Waals surface area contributed by atoms with Crippen molar-refractivity contribution in [2.45, 2.75) is 19.8 Å². The Bertz CT molecular complexity index is 1190. The Hall–Kier alpha value is -4.42. The van der Waals surface area contributed by atoms with E-state index in [1.807, 2.05) is 17.0 Å². The summed E-state index contributed by atoms with van der Waals surface area (Å²) in [7, 11) is 1.54. The van der Waals surface area contributed by atoms with Gasteiger partial charge in [0.2, 0.25) is 11.6 Å². The van der Waals surface area contributed by atoms with Crippen LogP contribution in [0.3, 0.4) is 0 Å². The van der Waals surface area contributed by atoms with Crippen LogP contribution in [0, 0.1) is 21.4 Å². The lowest BCUT2D eigenvalue weighted by Crippen LogP contribution is -2.37. The van der Waals surface area contributed by atoms with Gasteiger partial charge in [-0.3, -0.25) is 15.5 Å². The molecule has 0 aliphatic carbocycles. The number of rotatable bonds is 6. The minimum Gasteiger partial charge on any atom is -0.484 e. The molecule has 0 unspecified atom stereocenters. The average molecular weight is 464 g/mol. The van der Waals surface area contributed by atoms with Crippen molar-refractivity contribution in [1.29, 1.82) is 5.41 Å². The highest BCUT2D eigenvalue weighted by Gasteiger charge is 2.31. The molecule has 3 heterocycles. The normalized spacial score (nSPS) is 14.6. The zero-order valence-corrected chi connectivity index (χ0v) is 18.7. The first-order valence-electron chi connectivity index (χ1n) is 10.6. The van der Waals surface area contributed by atoms with Crippen molar-refractivity contribution < 1.29 is 9.66 Å². The number of methoxy groups -OCH3 is 1. The molecule has 0 spiro atoms. The van der Waals surface area contributed by atoms with Gasteiger partial charge in [0.15, 0.2) is 5.90 Å². The molecule has 2 N–H and O–H groups in total. The number of piperidine rings is 1. The number of aromatic nitrogens is 5. The van der Waals surface area contributed by atoms with Crippen molar-refractivity contribution in [2.24, 2.45) is 10.9 Å². The molecule has 4 rings (SSSR count). The predicted molar refractivity (Wildman–Crippen MR) is 126 cm³/mol. The number of nitrogens with zero attached hydrogens (tertiary/aromatic N) is 8. The number of hydrogen-bond donors (Lipinski definition) is 2. The summed E-state index contributed by atoms with van der Waals surface area (Å²) >= 11 is 0. The van der Waals surface area contributed by atoms with Crippen LogP contribution in [0.15, 0.2) is 48.2 Å². The fourth-order valence-electron chi connectivity index (χ4n) is 3.84. The standard InChI is InChI=1S/C21H24N10O3/c1-14(22)27-21(34-2)15-7-9-29(10-8-15)20-18(31(32)33)19(24-12-25-20)28-16-3-5-17(6-4-16)30-13-23-11-26-30/h3-6,11-13,15,22H,7-10H2,1-2H3,(H,24,25,28). The Balaban J connectivity index is 1.53. The molecule has 1 saturated heterocycles. The van der Waals surface area contributed by atoms with Crippen LogP contribution in [0.2, 0.25) is 0 Å². The summed E-state index contributed by atoms with van der Waals surface area (Å²) < 4.78 is 6.97. The predicted octanol–water partition coefficient (Wildman–Crippen LogP) is 2.97. The number of aliphatic imine (C=N–C) groups is 1. The third-order valence-electron chi connectivity index (χ3n) is 5.43. The van der Waals surface area contributed by atoms with Crippen LogP contribution in [0.4, 0.5) is 23.0 Å². The monoisotopic (exact) mass is 464 g/mol. The van der Waals surface area contributed by atoms with Crippen molar-refractivity contribution in [1.82, 2.24) is 24.7 Å². The Labute approximate surface area is 195 Å². The van der Waals surface area contributed by atoms with Gasteiger partial charge in [-0.05, 0) is 44.0 Å². The van der Waals surface area contributed by atoms with Crippen LogP contribution in [0.25, 0.3) is 5.69 Å². The van der Waals surface area contributed by atoms with Gasteiger partial charge in [0.1, 0.15) is 24.8 Å². The number of ether oxygens (including phenoxy) is 1. The highest BCUT2D eigenvalue weighted by molar-refractivity contribution is 5.92. The maximum atomic E-state index is 12.0. The maximum Gasteiger partial charge on any atom is 0.353 e. The summed E-state index contributed by atoms with van der Waals surface area (Å²) in [6.45, 7) is 2.66. The first-order chi connectivity index (χ1) is 16.5. The van der Waals surface area contributed by atoms with Crippen LogP contribution < -0.4 is 10.2 Å². The molecule has 1 aliphatic heterocycles. The zero-order valence-electron chi connectivity index (χ0n) is 18.7. The largest absolute Gasteiger partial charge is 0.484 e. The van der Waals surface area contributed by atoms with Crippen LogP contribution in [0.5, 0.6) is 0 Å². The molecule has 13 nitrogen and oxygen atoms in total. The van der Waals surface area contributed by atoms with Gasteiger partial charge in [-0.2, -0.15) is 5.10 Å². The third kappa shape index (κ3) is 4.98. The molecular weight excluding hydrogens is 440 g/mol. The van der Waals surface area contributed by atoms with Gasteiger partial charge in [-0.15, -0.1) is 0 Å². The molecule has 2 aromatic heterocycles. The summed E-state index contributed by atoms with van der Waals surface area (Å²) in [5, 5.41) is 26.7. The minimum atomic E-state index is -0.464. The van der Waals surface area contributed by atoms with Gasteiger partial charge in [0, 0.05) is 24.7 Å². The molecule has 13 heteroatoms. The number of nitrogens with one attached hydrogen (secondary N) is 2. The quantitative estimate of drug-likeness (QED) is 0.242. The summed E-state index contributed by atoms with van der Waals surface area (Å²) in [5.41, 5.74) is 1.26. The van der Waals surface area contributed by atoms with Crippen LogP contribution in [-0.4, -0.2) is 61.6 Å². The summed E-state index contributed by atoms with van der Waals surface area (Å²) in [6, 6.07) is 7.21. The molecule has 1 fully saturated rings.